The van der Waals surface area contributed by atoms with E-state index in [0.717, 1.165) is 22.4 Å². The van der Waals surface area contributed by atoms with Crippen molar-refractivity contribution in [2.45, 2.75) is 45.6 Å². The third-order valence-corrected chi connectivity index (χ3v) is 8.26. The SMILES string of the molecule is Cc1noc([N+](C)(CCC(C)C)S(=O)(=O)c2ccc(Cn3c(C)nc4ccccc43)cc2)n1. The quantitative estimate of drug-likeness (QED) is 0.355. The molecule has 0 saturated carbocycles. The molecule has 1 atom stereocenters. The fourth-order valence-corrected chi connectivity index (χ4v) is 5.45. The number of fused-ring (bicyclic) bond motifs is 1. The summed E-state index contributed by atoms with van der Waals surface area (Å²) in [6, 6.07) is 15.1. The number of hydrogen-bond acceptors (Lipinski definition) is 6. The summed E-state index contributed by atoms with van der Waals surface area (Å²) in [6.45, 7) is 8.73. The van der Waals surface area contributed by atoms with E-state index in [9.17, 15) is 8.42 Å². The molecule has 2 aromatic heterocycles. The van der Waals surface area contributed by atoms with Gasteiger partial charge in [-0.3, -0.25) is 4.52 Å². The first kappa shape index (κ1) is 23.1. The summed E-state index contributed by atoms with van der Waals surface area (Å²) in [7, 11) is -2.21. The van der Waals surface area contributed by atoms with E-state index in [4.69, 9.17) is 4.52 Å². The van der Waals surface area contributed by atoms with Gasteiger partial charge in [0, 0.05) is 13.0 Å². The Hall–Kier alpha value is -3.04. The average molecular weight is 469 g/mol. The van der Waals surface area contributed by atoms with Crippen molar-refractivity contribution in [3.63, 3.8) is 0 Å². The first-order chi connectivity index (χ1) is 15.6. The largest absolute Gasteiger partial charge is 0.443 e. The van der Waals surface area contributed by atoms with Crippen LogP contribution in [0.1, 0.15) is 37.5 Å². The number of nitrogens with zero attached hydrogens (tertiary/aromatic N) is 5. The summed E-state index contributed by atoms with van der Waals surface area (Å²) in [5.41, 5.74) is 2.99. The highest BCUT2D eigenvalue weighted by Crippen LogP contribution is 2.30. The Bertz CT molecular complexity index is 1370. The minimum atomic E-state index is -3.84. The maximum atomic E-state index is 13.8. The lowest BCUT2D eigenvalue weighted by Crippen LogP contribution is -2.51. The van der Waals surface area contributed by atoms with E-state index >= 15 is 0 Å². The highest BCUT2D eigenvalue weighted by atomic mass is 32.2. The van der Waals surface area contributed by atoms with Crippen molar-refractivity contribution in [1.82, 2.24) is 23.6 Å². The standard InChI is InChI=1S/C24H30N5O3S/c1-17(2)14-15-29(5,24-25-18(3)27-32-24)33(30,31)21-12-10-20(11-13-21)16-28-19(4)26-22-8-6-7-9-23(22)28/h6-13,17H,14-16H2,1-5H3/q+1. The van der Waals surface area contributed by atoms with Crippen LogP contribution in [-0.4, -0.2) is 41.7 Å². The molecule has 8 nitrogen and oxygen atoms in total. The van der Waals surface area contributed by atoms with E-state index in [-0.39, 0.29) is 10.9 Å². The Morgan fingerprint density at radius 1 is 1.03 bits per heavy atom. The molecule has 0 saturated heterocycles. The Morgan fingerprint density at radius 3 is 2.36 bits per heavy atom. The van der Waals surface area contributed by atoms with E-state index in [2.05, 4.69) is 33.5 Å². The zero-order valence-corrected chi connectivity index (χ0v) is 20.5. The van der Waals surface area contributed by atoms with Gasteiger partial charge in [-0.25, -0.2) is 4.98 Å². The number of sulfonamides is 1. The summed E-state index contributed by atoms with van der Waals surface area (Å²) < 4.78 is 34.5. The number of rotatable bonds is 8. The molecule has 0 aliphatic rings. The molecule has 33 heavy (non-hydrogen) atoms. The van der Waals surface area contributed by atoms with Gasteiger partial charge in [0.05, 0.1) is 18.1 Å². The van der Waals surface area contributed by atoms with Gasteiger partial charge >= 0.3 is 16.0 Å². The zero-order chi connectivity index (χ0) is 23.8. The molecule has 174 valence electrons. The van der Waals surface area contributed by atoms with Crippen molar-refractivity contribution in [1.29, 1.82) is 0 Å². The van der Waals surface area contributed by atoms with E-state index in [1.165, 1.54) is 0 Å². The number of quaternary nitrogens is 1. The molecular formula is C24H30N5O3S+. The zero-order valence-electron chi connectivity index (χ0n) is 19.7. The van der Waals surface area contributed by atoms with E-state index in [1.54, 1.807) is 26.1 Å². The first-order valence-electron chi connectivity index (χ1n) is 11.0. The molecule has 0 radical (unpaired) electrons. The lowest BCUT2D eigenvalue weighted by atomic mass is 10.1. The van der Waals surface area contributed by atoms with Crippen LogP contribution >= 0.6 is 0 Å². The number of hydrogen-bond donors (Lipinski definition) is 0. The van der Waals surface area contributed by atoms with Crippen LogP contribution in [0.2, 0.25) is 0 Å². The highest BCUT2D eigenvalue weighted by molar-refractivity contribution is 7.91. The molecule has 2 heterocycles. The summed E-state index contributed by atoms with van der Waals surface area (Å²) in [5, 5.41) is 3.83. The molecule has 0 aliphatic heterocycles. The van der Waals surface area contributed by atoms with Gasteiger partial charge in [-0.15, -0.1) is 8.87 Å². The van der Waals surface area contributed by atoms with Gasteiger partial charge in [-0.05, 0) is 49.6 Å². The van der Waals surface area contributed by atoms with Crippen molar-refractivity contribution in [3.05, 3.63) is 65.7 Å². The Kier molecular flexibility index (Phi) is 6.11. The normalized spacial score (nSPS) is 14.1. The van der Waals surface area contributed by atoms with E-state index in [0.29, 0.717) is 31.3 Å². The fourth-order valence-electron chi connectivity index (χ4n) is 3.88. The maximum absolute atomic E-state index is 13.8. The second-order valence-electron chi connectivity index (χ2n) is 8.98. The predicted octanol–water partition coefficient (Wildman–Crippen LogP) is 4.46. The summed E-state index contributed by atoms with van der Waals surface area (Å²) in [5.74, 6) is 1.65. The Morgan fingerprint density at radius 2 is 1.73 bits per heavy atom. The second kappa shape index (κ2) is 8.72. The van der Waals surface area contributed by atoms with Crippen LogP contribution in [0.15, 0.2) is 57.9 Å². The van der Waals surface area contributed by atoms with Gasteiger partial charge in [-0.1, -0.05) is 43.3 Å². The van der Waals surface area contributed by atoms with Gasteiger partial charge in [0.1, 0.15) is 17.3 Å². The number of imidazole rings is 1. The van der Waals surface area contributed by atoms with Crippen molar-refractivity contribution >= 4 is 27.1 Å². The lowest BCUT2D eigenvalue weighted by molar-refractivity contribution is 0.318. The van der Waals surface area contributed by atoms with Gasteiger partial charge in [-0.2, -0.15) is 8.42 Å². The van der Waals surface area contributed by atoms with Gasteiger partial charge in [0.2, 0.25) is 0 Å². The molecular weight excluding hydrogens is 438 g/mol. The second-order valence-corrected chi connectivity index (χ2v) is 11.2. The van der Waals surface area contributed by atoms with E-state index in [1.807, 2.05) is 43.3 Å². The molecule has 0 bridgehead atoms. The number of para-hydroxylation sites is 2. The number of aryl methyl sites for hydroxylation is 2. The molecule has 0 N–H and O–H groups in total. The molecule has 1 unspecified atom stereocenters. The van der Waals surface area contributed by atoms with Crippen LogP contribution in [0.3, 0.4) is 0 Å². The number of benzene rings is 2. The lowest BCUT2D eigenvalue weighted by Gasteiger charge is -2.28. The van der Waals surface area contributed by atoms with Crippen LogP contribution in [0.5, 0.6) is 0 Å². The molecule has 0 fully saturated rings. The Balaban J connectivity index is 1.66. The monoisotopic (exact) mass is 468 g/mol. The molecule has 4 aromatic rings. The summed E-state index contributed by atoms with van der Waals surface area (Å²) in [6.07, 6.45) is 0.697. The Labute approximate surface area is 194 Å². The molecule has 0 aliphatic carbocycles. The topological polar surface area (TPSA) is 90.9 Å². The van der Waals surface area contributed by atoms with Crippen LogP contribution in [0.25, 0.3) is 11.0 Å². The van der Waals surface area contributed by atoms with Crippen molar-refractivity contribution in [3.8, 4) is 0 Å². The van der Waals surface area contributed by atoms with Crippen molar-refractivity contribution in [2.75, 3.05) is 13.6 Å². The summed E-state index contributed by atoms with van der Waals surface area (Å²) in [4.78, 5) is 9.10. The van der Waals surface area contributed by atoms with Crippen LogP contribution in [-0.2, 0) is 16.6 Å². The predicted molar refractivity (Wildman–Crippen MR) is 128 cm³/mol. The molecule has 9 heteroatoms. The minimum absolute atomic E-state index is 0.0812. The van der Waals surface area contributed by atoms with E-state index < -0.39 is 13.9 Å². The molecule has 4 rings (SSSR count). The highest BCUT2D eigenvalue weighted by Gasteiger charge is 2.46. The van der Waals surface area contributed by atoms with Gasteiger partial charge in [0.15, 0.2) is 5.82 Å². The molecule has 0 spiro atoms. The average Bonchev–Trinajstić information content (AvgIpc) is 3.36. The first-order valence-corrected chi connectivity index (χ1v) is 12.5. The summed E-state index contributed by atoms with van der Waals surface area (Å²) >= 11 is 0. The molecule has 0 amide bonds. The maximum Gasteiger partial charge on any atom is 0.443 e. The minimum Gasteiger partial charge on any atom is -0.324 e. The smallest absolute Gasteiger partial charge is 0.324 e. The third-order valence-electron chi connectivity index (χ3n) is 5.99. The van der Waals surface area contributed by atoms with Crippen LogP contribution in [0.4, 0.5) is 6.01 Å². The van der Waals surface area contributed by atoms with Crippen LogP contribution in [0, 0.1) is 19.8 Å². The number of aromatic nitrogens is 4. The van der Waals surface area contributed by atoms with Gasteiger partial charge in [0.25, 0.3) is 0 Å². The van der Waals surface area contributed by atoms with Gasteiger partial charge < -0.3 is 4.57 Å². The fraction of sp³-hybridized carbons (Fsp3) is 0.375. The third kappa shape index (κ3) is 4.30. The molecule has 2 aromatic carbocycles. The van der Waals surface area contributed by atoms with Crippen molar-refractivity contribution in [2.24, 2.45) is 5.92 Å². The van der Waals surface area contributed by atoms with Crippen molar-refractivity contribution < 1.29 is 12.9 Å². The van der Waals surface area contributed by atoms with Crippen LogP contribution < -0.4 is 3.89 Å².